The number of amides is 1. The standard InChI is InChI=1S/C10H14N4O2/c1-16-9-3-8(12-6-13-9)14-5-7(4-11)2-10(14)15/h3,6-7H,2,4-5,11H2,1H3. The summed E-state index contributed by atoms with van der Waals surface area (Å²) in [7, 11) is 1.53. The van der Waals surface area contributed by atoms with E-state index in [1.54, 1.807) is 11.0 Å². The molecule has 2 N–H and O–H groups in total. The molecule has 0 bridgehead atoms. The maximum absolute atomic E-state index is 11.7. The number of anilines is 1. The summed E-state index contributed by atoms with van der Waals surface area (Å²) in [5.74, 6) is 1.30. The van der Waals surface area contributed by atoms with Crippen LogP contribution in [0.4, 0.5) is 5.82 Å². The second kappa shape index (κ2) is 4.44. The van der Waals surface area contributed by atoms with Crippen LogP contribution in [0.2, 0.25) is 0 Å². The van der Waals surface area contributed by atoms with Crippen molar-refractivity contribution in [2.75, 3.05) is 25.1 Å². The quantitative estimate of drug-likeness (QED) is 0.765. The van der Waals surface area contributed by atoms with Gasteiger partial charge in [-0.3, -0.25) is 9.69 Å². The van der Waals surface area contributed by atoms with Crippen molar-refractivity contribution >= 4 is 11.7 Å². The lowest BCUT2D eigenvalue weighted by atomic mass is 10.1. The maximum atomic E-state index is 11.7. The molecule has 86 valence electrons. The topological polar surface area (TPSA) is 81.3 Å². The first-order valence-corrected chi connectivity index (χ1v) is 5.11. The Morgan fingerprint density at radius 1 is 1.62 bits per heavy atom. The highest BCUT2D eigenvalue weighted by Crippen LogP contribution is 2.24. The molecule has 1 fully saturated rings. The smallest absolute Gasteiger partial charge is 0.228 e. The zero-order chi connectivity index (χ0) is 11.5. The number of carbonyl (C=O) groups excluding carboxylic acids is 1. The van der Waals surface area contributed by atoms with E-state index in [2.05, 4.69) is 9.97 Å². The van der Waals surface area contributed by atoms with Gasteiger partial charge in [0.15, 0.2) is 0 Å². The van der Waals surface area contributed by atoms with Crippen LogP contribution < -0.4 is 15.4 Å². The van der Waals surface area contributed by atoms with Crippen molar-refractivity contribution in [1.29, 1.82) is 0 Å². The second-order valence-electron chi connectivity index (χ2n) is 3.73. The van der Waals surface area contributed by atoms with E-state index < -0.39 is 0 Å². The number of aromatic nitrogens is 2. The van der Waals surface area contributed by atoms with Crippen LogP contribution in [0.15, 0.2) is 12.4 Å². The van der Waals surface area contributed by atoms with Crippen LogP contribution in [0.1, 0.15) is 6.42 Å². The Labute approximate surface area is 93.4 Å². The molecule has 1 unspecified atom stereocenters. The summed E-state index contributed by atoms with van der Waals surface area (Å²) < 4.78 is 4.99. The highest BCUT2D eigenvalue weighted by Gasteiger charge is 2.30. The summed E-state index contributed by atoms with van der Waals surface area (Å²) in [5, 5.41) is 0. The van der Waals surface area contributed by atoms with Crippen LogP contribution >= 0.6 is 0 Å². The lowest BCUT2D eigenvalue weighted by Gasteiger charge is -2.15. The number of carbonyl (C=O) groups is 1. The summed E-state index contributed by atoms with van der Waals surface area (Å²) in [6.07, 6.45) is 1.88. The molecule has 1 aromatic rings. The highest BCUT2D eigenvalue weighted by molar-refractivity contribution is 5.94. The highest BCUT2D eigenvalue weighted by atomic mass is 16.5. The minimum absolute atomic E-state index is 0.0520. The third-order valence-electron chi connectivity index (χ3n) is 2.65. The second-order valence-corrected chi connectivity index (χ2v) is 3.73. The predicted octanol–water partition coefficient (Wildman–Crippen LogP) is -0.203. The van der Waals surface area contributed by atoms with Crippen LogP contribution in [-0.2, 0) is 4.79 Å². The van der Waals surface area contributed by atoms with Crippen molar-refractivity contribution in [2.45, 2.75) is 6.42 Å². The number of nitrogens with two attached hydrogens (primary N) is 1. The van der Waals surface area contributed by atoms with Crippen LogP contribution in [0.25, 0.3) is 0 Å². The fourth-order valence-corrected chi connectivity index (χ4v) is 1.75. The molecule has 2 rings (SSSR count). The molecule has 1 aromatic heterocycles. The van der Waals surface area contributed by atoms with Crippen LogP contribution in [0.5, 0.6) is 5.88 Å². The van der Waals surface area contributed by atoms with E-state index >= 15 is 0 Å². The van der Waals surface area contributed by atoms with Crippen molar-refractivity contribution in [2.24, 2.45) is 11.7 Å². The van der Waals surface area contributed by atoms with Crippen molar-refractivity contribution in [3.8, 4) is 5.88 Å². The zero-order valence-electron chi connectivity index (χ0n) is 9.09. The Morgan fingerprint density at radius 3 is 3.06 bits per heavy atom. The number of ether oxygens (including phenoxy) is 1. The van der Waals surface area contributed by atoms with Crippen LogP contribution in [-0.4, -0.2) is 36.1 Å². The van der Waals surface area contributed by atoms with Gasteiger partial charge in [0.1, 0.15) is 12.1 Å². The van der Waals surface area contributed by atoms with Gasteiger partial charge in [0, 0.05) is 19.0 Å². The average Bonchev–Trinajstić information content (AvgIpc) is 2.71. The number of nitrogens with zero attached hydrogens (tertiary/aromatic N) is 3. The molecule has 0 saturated carbocycles. The van der Waals surface area contributed by atoms with Crippen molar-refractivity contribution in [3.63, 3.8) is 0 Å². The molecule has 16 heavy (non-hydrogen) atoms. The number of hydrogen-bond acceptors (Lipinski definition) is 5. The number of methoxy groups -OCH3 is 1. The SMILES string of the molecule is COc1cc(N2CC(CN)CC2=O)ncn1. The molecule has 1 amide bonds. The molecule has 1 aliphatic rings. The van der Waals surface area contributed by atoms with Gasteiger partial charge < -0.3 is 10.5 Å². The third kappa shape index (κ3) is 1.96. The van der Waals surface area contributed by atoms with Crippen LogP contribution in [0.3, 0.4) is 0 Å². The van der Waals surface area contributed by atoms with Gasteiger partial charge in [-0.2, -0.15) is 0 Å². The lowest BCUT2D eigenvalue weighted by Crippen LogP contribution is -2.26. The molecule has 1 aliphatic heterocycles. The van der Waals surface area contributed by atoms with E-state index in [1.165, 1.54) is 13.4 Å². The molecule has 0 spiro atoms. The third-order valence-corrected chi connectivity index (χ3v) is 2.65. The van der Waals surface area contributed by atoms with E-state index in [0.717, 1.165) is 0 Å². The number of rotatable bonds is 3. The fourth-order valence-electron chi connectivity index (χ4n) is 1.75. The zero-order valence-corrected chi connectivity index (χ0v) is 9.09. The first-order valence-electron chi connectivity index (χ1n) is 5.11. The largest absolute Gasteiger partial charge is 0.481 e. The van der Waals surface area contributed by atoms with Gasteiger partial charge in [-0.15, -0.1) is 0 Å². The van der Waals surface area contributed by atoms with Gasteiger partial charge in [-0.1, -0.05) is 0 Å². The van der Waals surface area contributed by atoms with Gasteiger partial charge in [0.25, 0.3) is 0 Å². The Kier molecular flexibility index (Phi) is 3.00. The Bertz CT molecular complexity index is 396. The first-order chi connectivity index (χ1) is 7.74. The van der Waals surface area contributed by atoms with Gasteiger partial charge in [0.05, 0.1) is 7.11 Å². The minimum atomic E-state index is 0.0520. The van der Waals surface area contributed by atoms with E-state index in [-0.39, 0.29) is 11.8 Å². The molecule has 2 heterocycles. The lowest BCUT2D eigenvalue weighted by molar-refractivity contribution is -0.117. The predicted molar refractivity (Wildman–Crippen MR) is 58.1 cm³/mol. The average molecular weight is 222 g/mol. The molecule has 6 heteroatoms. The van der Waals surface area contributed by atoms with E-state index in [9.17, 15) is 4.79 Å². The molecule has 6 nitrogen and oxygen atoms in total. The first kappa shape index (κ1) is 10.8. The normalized spacial score (nSPS) is 20.2. The van der Waals surface area contributed by atoms with E-state index in [4.69, 9.17) is 10.5 Å². The summed E-state index contributed by atoms with van der Waals surface area (Å²) in [4.78, 5) is 21.3. The summed E-state index contributed by atoms with van der Waals surface area (Å²) >= 11 is 0. The molecule has 0 radical (unpaired) electrons. The van der Waals surface area contributed by atoms with Gasteiger partial charge in [0.2, 0.25) is 11.8 Å². The number of hydrogen-bond donors (Lipinski definition) is 1. The molecule has 1 saturated heterocycles. The van der Waals surface area contributed by atoms with Gasteiger partial charge in [-0.25, -0.2) is 9.97 Å². The molecule has 1 atom stereocenters. The monoisotopic (exact) mass is 222 g/mol. The van der Waals surface area contributed by atoms with E-state index in [1.807, 2.05) is 0 Å². The molecular weight excluding hydrogens is 208 g/mol. The Balaban J connectivity index is 2.20. The molecule has 0 aromatic carbocycles. The Morgan fingerprint density at radius 2 is 2.44 bits per heavy atom. The van der Waals surface area contributed by atoms with Gasteiger partial charge >= 0.3 is 0 Å². The van der Waals surface area contributed by atoms with Crippen LogP contribution in [0, 0.1) is 5.92 Å². The summed E-state index contributed by atoms with van der Waals surface area (Å²) in [6.45, 7) is 1.14. The Hall–Kier alpha value is -1.69. The van der Waals surface area contributed by atoms with E-state index in [0.29, 0.717) is 31.2 Å². The van der Waals surface area contributed by atoms with Crippen molar-refractivity contribution < 1.29 is 9.53 Å². The summed E-state index contributed by atoms with van der Waals surface area (Å²) in [6, 6.07) is 1.65. The maximum Gasteiger partial charge on any atom is 0.228 e. The summed E-state index contributed by atoms with van der Waals surface area (Å²) in [5.41, 5.74) is 5.56. The fraction of sp³-hybridized carbons (Fsp3) is 0.500. The molecule has 0 aliphatic carbocycles. The molecular formula is C10H14N4O2. The van der Waals surface area contributed by atoms with Crippen molar-refractivity contribution in [1.82, 2.24) is 9.97 Å². The van der Waals surface area contributed by atoms with Gasteiger partial charge in [-0.05, 0) is 12.5 Å². The van der Waals surface area contributed by atoms with Crippen molar-refractivity contribution in [3.05, 3.63) is 12.4 Å². The minimum Gasteiger partial charge on any atom is -0.481 e.